The fourth-order valence-electron chi connectivity index (χ4n) is 2.17. The lowest BCUT2D eigenvalue weighted by atomic mass is 10.1. The summed E-state index contributed by atoms with van der Waals surface area (Å²) in [5.74, 6) is 0.544. The topological polar surface area (TPSA) is 47.0 Å². The van der Waals surface area contributed by atoms with Crippen molar-refractivity contribution >= 4 is 5.95 Å². The summed E-state index contributed by atoms with van der Waals surface area (Å²) in [5, 5.41) is 2.96. The maximum atomic E-state index is 12.4. The number of halogens is 3. The minimum Gasteiger partial charge on any atom is -0.406 e. The summed E-state index contributed by atoms with van der Waals surface area (Å²) in [5.41, 5.74) is 1.57. The molecule has 1 saturated carbocycles. The molecular weight excluding hydrogens is 295 g/mol. The van der Waals surface area contributed by atoms with Crippen LogP contribution in [0.2, 0.25) is 0 Å². The van der Waals surface area contributed by atoms with Gasteiger partial charge < -0.3 is 10.1 Å². The number of aromatic nitrogens is 2. The number of nitrogens with one attached hydrogen (secondary N) is 1. The number of benzene rings is 1. The highest BCUT2D eigenvalue weighted by molar-refractivity contribution is 5.39. The van der Waals surface area contributed by atoms with Crippen molar-refractivity contribution in [1.29, 1.82) is 0 Å². The first-order valence-electron chi connectivity index (χ1n) is 6.81. The Morgan fingerprint density at radius 3 is 2.55 bits per heavy atom. The van der Waals surface area contributed by atoms with Crippen LogP contribution in [0, 0.1) is 6.07 Å². The Bertz CT molecular complexity index is 642. The molecule has 2 aromatic rings. The average Bonchev–Trinajstić information content (AvgIpc) is 3.29. The third-order valence-electron chi connectivity index (χ3n) is 3.24. The van der Waals surface area contributed by atoms with E-state index in [1.165, 1.54) is 24.5 Å². The van der Waals surface area contributed by atoms with E-state index in [0.717, 1.165) is 18.4 Å². The zero-order chi connectivity index (χ0) is 15.6. The predicted molar refractivity (Wildman–Crippen MR) is 73.3 cm³/mol. The first-order valence-corrected chi connectivity index (χ1v) is 6.81. The summed E-state index contributed by atoms with van der Waals surface area (Å²) in [6.07, 6.45) is 0.244. The molecule has 1 fully saturated rings. The summed E-state index contributed by atoms with van der Waals surface area (Å²) in [4.78, 5) is 7.91. The zero-order valence-corrected chi connectivity index (χ0v) is 11.5. The molecule has 22 heavy (non-hydrogen) atoms. The van der Waals surface area contributed by atoms with Crippen LogP contribution in [0.1, 0.15) is 29.9 Å². The van der Waals surface area contributed by atoms with Crippen molar-refractivity contribution < 1.29 is 17.9 Å². The normalized spacial score (nSPS) is 14.7. The van der Waals surface area contributed by atoms with Gasteiger partial charge in [-0.25, -0.2) is 9.97 Å². The van der Waals surface area contributed by atoms with E-state index in [1.54, 1.807) is 0 Å². The molecule has 1 aromatic heterocycles. The van der Waals surface area contributed by atoms with Gasteiger partial charge in [-0.2, -0.15) is 0 Å². The SMILES string of the molecule is FC(F)(F)Oc1cc(CNc2nc[c]cn2)cc(C2CC2)c1. The van der Waals surface area contributed by atoms with Crippen LogP contribution in [0.25, 0.3) is 0 Å². The molecular formula is C15H13F3N3O. The van der Waals surface area contributed by atoms with Crippen molar-refractivity contribution in [1.82, 2.24) is 9.97 Å². The Labute approximate surface area is 125 Å². The van der Waals surface area contributed by atoms with Crippen molar-refractivity contribution in [3.05, 3.63) is 47.8 Å². The van der Waals surface area contributed by atoms with Crippen LogP contribution in [0.3, 0.4) is 0 Å². The van der Waals surface area contributed by atoms with Crippen molar-refractivity contribution in [3.63, 3.8) is 0 Å². The van der Waals surface area contributed by atoms with Crippen molar-refractivity contribution in [2.24, 2.45) is 0 Å². The molecule has 1 aliphatic carbocycles. The van der Waals surface area contributed by atoms with Gasteiger partial charge in [0.1, 0.15) is 5.75 Å². The lowest BCUT2D eigenvalue weighted by Crippen LogP contribution is -2.17. The van der Waals surface area contributed by atoms with Crippen molar-refractivity contribution in [3.8, 4) is 5.75 Å². The smallest absolute Gasteiger partial charge is 0.406 e. The number of rotatable bonds is 5. The molecule has 1 aromatic carbocycles. The quantitative estimate of drug-likeness (QED) is 0.915. The molecule has 1 radical (unpaired) electrons. The summed E-state index contributed by atoms with van der Waals surface area (Å²) in [7, 11) is 0. The van der Waals surface area contributed by atoms with Gasteiger partial charge in [0.15, 0.2) is 0 Å². The van der Waals surface area contributed by atoms with E-state index in [-0.39, 0.29) is 5.75 Å². The van der Waals surface area contributed by atoms with E-state index < -0.39 is 6.36 Å². The summed E-state index contributed by atoms with van der Waals surface area (Å²) < 4.78 is 41.3. The predicted octanol–water partition coefficient (Wildman–Crippen LogP) is 3.66. The molecule has 1 N–H and O–H groups in total. The van der Waals surface area contributed by atoms with Crippen LogP contribution in [0.15, 0.2) is 30.6 Å². The van der Waals surface area contributed by atoms with E-state index in [9.17, 15) is 13.2 Å². The average molecular weight is 308 g/mol. The molecule has 0 saturated heterocycles. The van der Waals surface area contributed by atoms with Crippen LogP contribution in [-0.4, -0.2) is 16.3 Å². The van der Waals surface area contributed by atoms with Gasteiger partial charge in [0.2, 0.25) is 5.95 Å². The van der Waals surface area contributed by atoms with Gasteiger partial charge >= 0.3 is 6.36 Å². The number of nitrogens with zero attached hydrogens (tertiary/aromatic N) is 2. The van der Waals surface area contributed by atoms with Crippen LogP contribution in [0.5, 0.6) is 5.75 Å². The Morgan fingerprint density at radius 2 is 1.91 bits per heavy atom. The van der Waals surface area contributed by atoms with Gasteiger partial charge in [0.25, 0.3) is 0 Å². The van der Waals surface area contributed by atoms with Crippen LogP contribution in [0.4, 0.5) is 19.1 Å². The number of alkyl halides is 3. The lowest BCUT2D eigenvalue weighted by Gasteiger charge is -2.13. The van der Waals surface area contributed by atoms with Crippen molar-refractivity contribution in [2.45, 2.75) is 31.7 Å². The lowest BCUT2D eigenvalue weighted by molar-refractivity contribution is -0.274. The van der Waals surface area contributed by atoms with Crippen molar-refractivity contribution in [2.75, 3.05) is 5.32 Å². The molecule has 0 atom stereocenters. The van der Waals surface area contributed by atoms with E-state index in [1.807, 2.05) is 6.07 Å². The second-order valence-electron chi connectivity index (χ2n) is 5.09. The maximum Gasteiger partial charge on any atom is 0.573 e. The number of ether oxygens (including phenoxy) is 1. The van der Waals surface area contributed by atoms with Gasteiger partial charge in [-0.05, 0) is 42.0 Å². The summed E-state index contributed by atoms with van der Waals surface area (Å²) >= 11 is 0. The highest BCUT2D eigenvalue weighted by atomic mass is 19.4. The van der Waals surface area contributed by atoms with Crippen LogP contribution >= 0.6 is 0 Å². The highest BCUT2D eigenvalue weighted by Gasteiger charge is 2.32. The largest absolute Gasteiger partial charge is 0.573 e. The molecule has 0 bridgehead atoms. The van der Waals surface area contributed by atoms with Gasteiger partial charge in [0.05, 0.1) is 0 Å². The summed E-state index contributed by atoms with van der Waals surface area (Å²) in [6.45, 7) is 0.318. The molecule has 0 amide bonds. The highest BCUT2D eigenvalue weighted by Crippen LogP contribution is 2.42. The van der Waals surface area contributed by atoms with E-state index in [4.69, 9.17) is 0 Å². The Kier molecular flexibility index (Phi) is 3.87. The first-order chi connectivity index (χ1) is 10.5. The Hall–Kier alpha value is -2.31. The van der Waals surface area contributed by atoms with Crippen LogP contribution < -0.4 is 10.1 Å². The monoisotopic (exact) mass is 308 g/mol. The zero-order valence-electron chi connectivity index (χ0n) is 11.5. The van der Waals surface area contributed by atoms with E-state index in [2.05, 4.69) is 26.1 Å². The molecule has 115 valence electrons. The minimum absolute atomic E-state index is 0.184. The first kappa shape index (κ1) is 14.6. The standard InChI is InChI=1S/C15H13F3N3O/c16-15(17,18)22-13-7-10(6-12(8-13)11-2-3-11)9-21-14-19-4-1-5-20-14/h4-8,11H,2-3,9H2,(H,19,20,21). The third-order valence-corrected chi connectivity index (χ3v) is 3.24. The van der Waals surface area contributed by atoms with Gasteiger partial charge in [-0.15, -0.1) is 13.2 Å². The van der Waals surface area contributed by atoms with E-state index >= 15 is 0 Å². The molecule has 0 unspecified atom stereocenters. The third kappa shape index (κ3) is 4.09. The second-order valence-corrected chi connectivity index (χ2v) is 5.09. The molecule has 0 spiro atoms. The van der Waals surface area contributed by atoms with Crippen LogP contribution in [-0.2, 0) is 6.54 Å². The maximum absolute atomic E-state index is 12.4. The Balaban J connectivity index is 1.77. The fourth-order valence-corrected chi connectivity index (χ4v) is 2.17. The van der Waals surface area contributed by atoms with Gasteiger partial charge in [0, 0.05) is 25.0 Å². The Morgan fingerprint density at radius 1 is 1.18 bits per heavy atom. The number of anilines is 1. The molecule has 7 heteroatoms. The molecule has 1 heterocycles. The van der Waals surface area contributed by atoms with Gasteiger partial charge in [-0.1, -0.05) is 6.07 Å². The molecule has 0 aliphatic heterocycles. The van der Waals surface area contributed by atoms with Gasteiger partial charge in [-0.3, -0.25) is 0 Å². The molecule has 4 nitrogen and oxygen atoms in total. The number of hydrogen-bond donors (Lipinski definition) is 1. The summed E-state index contributed by atoms with van der Waals surface area (Å²) in [6, 6.07) is 7.42. The van der Waals surface area contributed by atoms with E-state index in [0.29, 0.717) is 24.0 Å². The second kappa shape index (κ2) is 5.82. The minimum atomic E-state index is -4.69. The number of hydrogen-bond acceptors (Lipinski definition) is 4. The molecule has 1 aliphatic rings. The fraction of sp³-hybridized carbons (Fsp3) is 0.333. The molecule has 3 rings (SSSR count).